The molecule has 3 rings (SSSR count). The van der Waals surface area contributed by atoms with Gasteiger partial charge < -0.3 is 10.4 Å². The molecule has 1 heterocycles. The van der Waals surface area contributed by atoms with Crippen LogP contribution in [0, 0.1) is 0 Å². The van der Waals surface area contributed by atoms with Gasteiger partial charge in [0.1, 0.15) is 0 Å². The van der Waals surface area contributed by atoms with Gasteiger partial charge in [-0.25, -0.2) is 4.79 Å². The quantitative estimate of drug-likeness (QED) is 0.828. The van der Waals surface area contributed by atoms with Crippen molar-refractivity contribution in [2.24, 2.45) is 0 Å². The Morgan fingerprint density at radius 3 is 2.55 bits per heavy atom. The average molecular weight is 313 g/mol. The normalized spacial score (nSPS) is 20.9. The lowest BCUT2D eigenvalue weighted by atomic mass is 9.97. The molecule has 0 aromatic heterocycles. The summed E-state index contributed by atoms with van der Waals surface area (Å²) in [6, 6.07) is 18.3. The summed E-state index contributed by atoms with van der Waals surface area (Å²) in [7, 11) is 0. The zero-order valence-electron chi connectivity index (χ0n) is 12.2. The Balaban J connectivity index is 1.51. The summed E-state index contributed by atoms with van der Waals surface area (Å²) in [5.41, 5.74) is 1.75. The lowest BCUT2D eigenvalue weighted by molar-refractivity contribution is 0.0697. The maximum absolute atomic E-state index is 10.8. The number of rotatable bonds is 5. The van der Waals surface area contributed by atoms with E-state index in [1.165, 1.54) is 5.56 Å². The van der Waals surface area contributed by atoms with Gasteiger partial charge in [0.05, 0.1) is 5.56 Å². The van der Waals surface area contributed by atoms with Crippen LogP contribution in [0.3, 0.4) is 0 Å². The summed E-state index contributed by atoms with van der Waals surface area (Å²) in [5.74, 6) is 0.733. The van der Waals surface area contributed by atoms with Crippen LogP contribution in [0.5, 0.6) is 0 Å². The Morgan fingerprint density at radius 2 is 1.86 bits per heavy atom. The molecule has 1 aliphatic rings. The van der Waals surface area contributed by atoms with Crippen LogP contribution in [-0.2, 0) is 0 Å². The zero-order chi connectivity index (χ0) is 15.4. The predicted octanol–water partition coefficient (Wildman–Crippen LogP) is 3.62. The summed E-state index contributed by atoms with van der Waals surface area (Å²) >= 11 is 1.78. The molecule has 4 heteroatoms. The summed E-state index contributed by atoms with van der Waals surface area (Å²) in [4.78, 5) is 12.0. The van der Waals surface area contributed by atoms with Crippen molar-refractivity contribution in [1.82, 2.24) is 5.32 Å². The van der Waals surface area contributed by atoms with Gasteiger partial charge in [-0.2, -0.15) is 0 Å². The first-order chi connectivity index (χ1) is 10.7. The average Bonchev–Trinajstić information content (AvgIpc) is 3.03. The first kappa shape index (κ1) is 15.1. The van der Waals surface area contributed by atoms with Crippen LogP contribution in [0.1, 0.15) is 28.3 Å². The van der Waals surface area contributed by atoms with E-state index in [0.717, 1.165) is 23.6 Å². The third-order valence-corrected chi connectivity index (χ3v) is 5.22. The topological polar surface area (TPSA) is 49.3 Å². The number of nitrogens with one attached hydrogen (secondary N) is 1. The minimum absolute atomic E-state index is 0.340. The van der Waals surface area contributed by atoms with Gasteiger partial charge in [-0.15, -0.1) is 11.8 Å². The SMILES string of the molecule is O=C(O)c1ccc(SCC2CC(c3ccccc3)CN2)cc1. The number of benzene rings is 2. The van der Waals surface area contributed by atoms with Gasteiger partial charge >= 0.3 is 5.97 Å². The molecule has 22 heavy (non-hydrogen) atoms. The molecule has 1 aliphatic heterocycles. The lowest BCUT2D eigenvalue weighted by Crippen LogP contribution is -2.23. The standard InChI is InChI=1S/C18H19NO2S/c20-18(21)14-6-8-17(9-7-14)22-12-16-10-15(11-19-16)13-4-2-1-3-5-13/h1-9,15-16,19H,10-12H2,(H,20,21). The molecule has 2 aromatic carbocycles. The van der Waals surface area contributed by atoms with Crippen LogP contribution in [-0.4, -0.2) is 29.4 Å². The van der Waals surface area contributed by atoms with Crippen molar-refractivity contribution in [1.29, 1.82) is 0 Å². The van der Waals surface area contributed by atoms with Crippen molar-refractivity contribution in [2.75, 3.05) is 12.3 Å². The number of carboxylic acids is 1. The van der Waals surface area contributed by atoms with Crippen LogP contribution in [0.25, 0.3) is 0 Å². The van der Waals surface area contributed by atoms with Gasteiger partial charge in [0.15, 0.2) is 0 Å². The number of hydrogen-bond donors (Lipinski definition) is 2. The van der Waals surface area contributed by atoms with E-state index in [0.29, 0.717) is 17.5 Å². The summed E-state index contributed by atoms with van der Waals surface area (Å²) in [6.07, 6.45) is 1.16. The van der Waals surface area contributed by atoms with Crippen molar-refractivity contribution in [3.63, 3.8) is 0 Å². The smallest absolute Gasteiger partial charge is 0.335 e. The molecule has 114 valence electrons. The van der Waals surface area contributed by atoms with Crippen molar-refractivity contribution < 1.29 is 9.90 Å². The van der Waals surface area contributed by atoms with E-state index in [2.05, 4.69) is 35.6 Å². The molecule has 1 saturated heterocycles. The van der Waals surface area contributed by atoms with E-state index < -0.39 is 5.97 Å². The van der Waals surface area contributed by atoms with Crippen molar-refractivity contribution in [2.45, 2.75) is 23.3 Å². The van der Waals surface area contributed by atoms with Crippen molar-refractivity contribution >= 4 is 17.7 Å². The zero-order valence-corrected chi connectivity index (χ0v) is 13.1. The van der Waals surface area contributed by atoms with Gasteiger partial charge in [0.25, 0.3) is 0 Å². The van der Waals surface area contributed by atoms with E-state index in [4.69, 9.17) is 5.11 Å². The second-order valence-corrected chi connectivity index (χ2v) is 6.68. The Labute approximate surface area is 134 Å². The number of carbonyl (C=O) groups is 1. The van der Waals surface area contributed by atoms with E-state index in [1.807, 2.05) is 12.1 Å². The lowest BCUT2D eigenvalue weighted by Gasteiger charge is -2.11. The Bertz CT molecular complexity index is 627. The Hall–Kier alpha value is -1.78. The van der Waals surface area contributed by atoms with Gasteiger partial charge in [-0.1, -0.05) is 30.3 Å². The Kier molecular flexibility index (Phi) is 4.80. The molecule has 3 nitrogen and oxygen atoms in total. The van der Waals surface area contributed by atoms with Crippen LogP contribution in [0.2, 0.25) is 0 Å². The molecule has 0 amide bonds. The summed E-state index contributed by atoms with van der Waals surface area (Å²) < 4.78 is 0. The van der Waals surface area contributed by atoms with Gasteiger partial charge in [-0.05, 0) is 42.2 Å². The van der Waals surface area contributed by atoms with E-state index in [-0.39, 0.29) is 0 Å². The molecule has 0 radical (unpaired) electrons. The fourth-order valence-corrected chi connectivity index (χ4v) is 3.79. The predicted molar refractivity (Wildman–Crippen MR) is 89.7 cm³/mol. The van der Waals surface area contributed by atoms with E-state index in [1.54, 1.807) is 23.9 Å². The highest BCUT2D eigenvalue weighted by Gasteiger charge is 2.24. The Morgan fingerprint density at radius 1 is 1.14 bits per heavy atom. The molecule has 2 aromatic rings. The summed E-state index contributed by atoms with van der Waals surface area (Å²) in [5, 5.41) is 12.5. The minimum Gasteiger partial charge on any atom is -0.478 e. The second-order valence-electron chi connectivity index (χ2n) is 5.59. The number of thioether (sulfide) groups is 1. The second kappa shape index (κ2) is 6.99. The fourth-order valence-electron chi connectivity index (χ4n) is 2.82. The summed E-state index contributed by atoms with van der Waals surface area (Å²) in [6.45, 7) is 1.03. The third-order valence-electron chi connectivity index (χ3n) is 4.05. The highest BCUT2D eigenvalue weighted by atomic mass is 32.2. The van der Waals surface area contributed by atoms with E-state index in [9.17, 15) is 4.79 Å². The van der Waals surface area contributed by atoms with Gasteiger partial charge in [0.2, 0.25) is 0 Å². The highest BCUT2D eigenvalue weighted by Crippen LogP contribution is 2.29. The maximum Gasteiger partial charge on any atom is 0.335 e. The maximum atomic E-state index is 10.8. The van der Waals surface area contributed by atoms with Crippen LogP contribution < -0.4 is 5.32 Å². The molecular formula is C18H19NO2S. The molecule has 0 spiro atoms. The number of hydrogen-bond acceptors (Lipinski definition) is 3. The largest absolute Gasteiger partial charge is 0.478 e. The molecular weight excluding hydrogens is 294 g/mol. The molecule has 1 fully saturated rings. The van der Waals surface area contributed by atoms with Crippen LogP contribution in [0.4, 0.5) is 0 Å². The first-order valence-electron chi connectivity index (χ1n) is 7.47. The molecule has 2 atom stereocenters. The highest BCUT2D eigenvalue weighted by molar-refractivity contribution is 7.99. The van der Waals surface area contributed by atoms with Crippen LogP contribution >= 0.6 is 11.8 Å². The molecule has 0 saturated carbocycles. The monoisotopic (exact) mass is 313 g/mol. The number of aromatic carboxylic acids is 1. The van der Waals surface area contributed by atoms with Gasteiger partial charge in [-0.3, -0.25) is 0 Å². The van der Waals surface area contributed by atoms with E-state index >= 15 is 0 Å². The fraction of sp³-hybridized carbons (Fsp3) is 0.278. The third kappa shape index (κ3) is 3.70. The molecule has 0 bridgehead atoms. The number of carboxylic acid groups (broad SMARTS) is 1. The first-order valence-corrected chi connectivity index (χ1v) is 8.45. The molecule has 2 unspecified atom stereocenters. The minimum atomic E-state index is -0.875. The molecule has 0 aliphatic carbocycles. The van der Waals surface area contributed by atoms with Crippen molar-refractivity contribution in [3.8, 4) is 0 Å². The molecule has 2 N–H and O–H groups in total. The van der Waals surface area contributed by atoms with Crippen LogP contribution in [0.15, 0.2) is 59.5 Å². The van der Waals surface area contributed by atoms with Gasteiger partial charge in [0, 0.05) is 23.2 Å². The van der Waals surface area contributed by atoms with Crippen molar-refractivity contribution in [3.05, 3.63) is 65.7 Å².